The summed E-state index contributed by atoms with van der Waals surface area (Å²) in [5, 5.41) is 13.1. The number of hydrogen-bond donors (Lipinski definition) is 3. The molecule has 8 nitrogen and oxygen atoms in total. The molecule has 4 rings (SSSR count). The quantitative estimate of drug-likeness (QED) is 0.336. The van der Waals surface area contributed by atoms with E-state index in [0.717, 1.165) is 11.3 Å². The molecule has 166 valence electrons. The first-order valence-corrected chi connectivity index (χ1v) is 11.1. The van der Waals surface area contributed by atoms with E-state index in [1.165, 1.54) is 11.8 Å². The van der Waals surface area contributed by atoms with Gasteiger partial charge in [-0.2, -0.15) is 0 Å². The summed E-state index contributed by atoms with van der Waals surface area (Å²) >= 11 is 1.20. The number of carbonyl (C=O) groups excluding carboxylic acids is 2. The number of para-hydroxylation sites is 2. The van der Waals surface area contributed by atoms with E-state index in [1.807, 2.05) is 42.5 Å². The van der Waals surface area contributed by atoms with Crippen molar-refractivity contribution < 1.29 is 14.3 Å². The molecule has 0 spiro atoms. The molecule has 0 unspecified atom stereocenters. The van der Waals surface area contributed by atoms with Gasteiger partial charge in [-0.05, 0) is 48.5 Å². The lowest BCUT2D eigenvalue weighted by Gasteiger charge is -2.11. The van der Waals surface area contributed by atoms with Gasteiger partial charge in [-0.25, -0.2) is 4.98 Å². The molecule has 0 saturated carbocycles. The largest absolute Gasteiger partial charge is 0.497 e. The number of thioether (sulfide) groups is 1. The Kier molecular flexibility index (Phi) is 7.01. The average molecular weight is 460 g/mol. The van der Waals surface area contributed by atoms with Gasteiger partial charge in [-0.3, -0.25) is 14.7 Å². The molecular weight excluding hydrogens is 438 g/mol. The van der Waals surface area contributed by atoms with Crippen LogP contribution in [0.5, 0.6) is 5.75 Å². The first-order chi connectivity index (χ1) is 16.1. The van der Waals surface area contributed by atoms with Crippen molar-refractivity contribution in [2.75, 3.05) is 23.5 Å². The van der Waals surface area contributed by atoms with Gasteiger partial charge in [0.2, 0.25) is 11.1 Å². The van der Waals surface area contributed by atoms with Crippen molar-refractivity contribution in [2.45, 2.75) is 5.16 Å². The Hall–Kier alpha value is -4.11. The SMILES string of the molecule is COc1ccc(-c2nc(SCC(=O)Nc3ccccc3C(=O)Nc3ccccc3)n[nH]2)cc1. The first kappa shape index (κ1) is 22.1. The monoisotopic (exact) mass is 459 g/mol. The minimum atomic E-state index is -0.303. The molecule has 0 bridgehead atoms. The highest BCUT2D eigenvalue weighted by molar-refractivity contribution is 7.99. The molecule has 0 atom stereocenters. The van der Waals surface area contributed by atoms with Crippen LogP contribution < -0.4 is 15.4 Å². The lowest BCUT2D eigenvalue weighted by atomic mass is 10.1. The average Bonchev–Trinajstić information content (AvgIpc) is 3.33. The van der Waals surface area contributed by atoms with Gasteiger partial charge in [-0.1, -0.05) is 42.1 Å². The summed E-state index contributed by atoms with van der Waals surface area (Å²) in [6.45, 7) is 0. The molecule has 0 radical (unpaired) electrons. The van der Waals surface area contributed by atoms with Gasteiger partial charge in [-0.15, -0.1) is 5.10 Å². The van der Waals surface area contributed by atoms with Crippen molar-refractivity contribution in [1.82, 2.24) is 15.2 Å². The molecule has 0 fully saturated rings. The molecule has 9 heteroatoms. The highest BCUT2D eigenvalue weighted by atomic mass is 32.2. The number of nitrogens with zero attached hydrogens (tertiary/aromatic N) is 2. The first-order valence-electron chi connectivity index (χ1n) is 10.1. The van der Waals surface area contributed by atoms with Crippen LogP contribution >= 0.6 is 11.8 Å². The molecule has 4 aromatic rings. The van der Waals surface area contributed by atoms with Gasteiger partial charge < -0.3 is 15.4 Å². The van der Waals surface area contributed by atoms with Crippen LogP contribution in [0.1, 0.15) is 10.4 Å². The van der Waals surface area contributed by atoms with E-state index in [0.29, 0.717) is 27.9 Å². The van der Waals surface area contributed by atoms with E-state index in [2.05, 4.69) is 25.8 Å². The summed E-state index contributed by atoms with van der Waals surface area (Å²) in [6.07, 6.45) is 0. The molecule has 3 N–H and O–H groups in total. The number of rotatable bonds is 8. The van der Waals surface area contributed by atoms with E-state index >= 15 is 0 Å². The van der Waals surface area contributed by atoms with Gasteiger partial charge in [0.25, 0.3) is 5.91 Å². The molecule has 33 heavy (non-hydrogen) atoms. The molecule has 0 aliphatic rings. The predicted molar refractivity (Wildman–Crippen MR) is 129 cm³/mol. The van der Waals surface area contributed by atoms with E-state index < -0.39 is 0 Å². The number of methoxy groups -OCH3 is 1. The van der Waals surface area contributed by atoms with Crippen LogP contribution in [0.3, 0.4) is 0 Å². The van der Waals surface area contributed by atoms with Crippen LogP contribution in [0, 0.1) is 0 Å². The zero-order valence-electron chi connectivity index (χ0n) is 17.7. The number of carbonyl (C=O) groups is 2. The Balaban J connectivity index is 1.36. The van der Waals surface area contributed by atoms with Crippen molar-refractivity contribution in [3.8, 4) is 17.1 Å². The maximum atomic E-state index is 12.7. The summed E-state index contributed by atoms with van der Waals surface area (Å²) < 4.78 is 5.16. The van der Waals surface area contributed by atoms with Crippen LogP contribution in [0.25, 0.3) is 11.4 Å². The summed E-state index contributed by atoms with van der Waals surface area (Å²) in [6, 6.07) is 23.4. The molecule has 2 amide bonds. The van der Waals surface area contributed by atoms with Gasteiger partial charge in [0.05, 0.1) is 24.1 Å². The fraction of sp³-hybridized carbons (Fsp3) is 0.0833. The maximum Gasteiger partial charge on any atom is 0.257 e. The fourth-order valence-electron chi connectivity index (χ4n) is 3.02. The number of hydrogen-bond acceptors (Lipinski definition) is 6. The number of ether oxygens (including phenoxy) is 1. The molecule has 0 aliphatic carbocycles. The Morgan fingerprint density at radius 1 is 0.939 bits per heavy atom. The third-order valence-corrected chi connectivity index (χ3v) is 5.49. The third kappa shape index (κ3) is 5.78. The minimum absolute atomic E-state index is 0.0918. The lowest BCUT2D eigenvalue weighted by Crippen LogP contribution is -2.19. The number of H-pyrrole nitrogens is 1. The number of aromatic amines is 1. The minimum Gasteiger partial charge on any atom is -0.497 e. The van der Waals surface area contributed by atoms with Crippen molar-refractivity contribution in [1.29, 1.82) is 0 Å². The molecule has 1 aromatic heterocycles. The number of amides is 2. The molecule has 0 aliphatic heterocycles. The van der Waals surface area contributed by atoms with Crippen LogP contribution in [0.4, 0.5) is 11.4 Å². The highest BCUT2D eigenvalue weighted by Gasteiger charge is 2.14. The second-order valence-electron chi connectivity index (χ2n) is 6.90. The summed E-state index contributed by atoms with van der Waals surface area (Å²) in [4.78, 5) is 29.6. The summed E-state index contributed by atoms with van der Waals surface area (Å²) in [5.74, 6) is 0.874. The van der Waals surface area contributed by atoms with Crippen LogP contribution in [0.2, 0.25) is 0 Å². The van der Waals surface area contributed by atoms with E-state index in [-0.39, 0.29) is 17.6 Å². The van der Waals surface area contributed by atoms with E-state index in [4.69, 9.17) is 4.74 Å². The number of nitrogens with one attached hydrogen (secondary N) is 3. The van der Waals surface area contributed by atoms with Gasteiger partial charge in [0.1, 0.15) is 5.75 Å². The topological polar surface area (TPSA) is 109 Å². The smallest absolute Gasteiger partial charge is 0.257 e. The van der Waals surface area contributed by atoms with Crippen LogP contribution in [-0.2, 0) is 4.79 Å². The Labute approximate surface area is 194 Å². The molecule has 3 aromatic carbocycles. The molecule has 1 heterocycles. The summed E-state index contributed by atoms with van der Waals surface area (Å²) in [5.41, 5.74) is 2.35. The van der Waals surface area contributed by atoms with E-state index in [1.54, 1.807) is 43.5 Å². The van der Waals surface area contributed by atoms with Crippen LogP contribution in [0.15, 0.2) is 84.0 Å². The summed E-state index contributed by atoms with van der Waals surface area (Å²) in [7, 11) is 1.61. The number of anilines is 2. The Morgan fingerprint density at radius 2 is 1.67 bits per heavy atom. The zero-order chi connectivity index (χ0) is 23.0. The highest BCUT2D eigenvalue weighted by Crippen LogP contribution is 2.22. The van der Waals surface area contributed by atoms with Crippen molar-refractivity contribution in [3.05, 3.63) is 84.4 Å². The van der Waals surface area contributed by atoms with Crippen LogP contribution in [-0.4, -0.2) is 39.9 Å². The number of benzene rings is 3. The predicted octanol–water partition coefficient (Wildman–Crippen LogP) is 4.46. The lowest BCUT2D eigenvalue weighted by molar-refractivity contribution is -0.113. The Morgan fingerprint density at radius 3 is 2.42 bits per heavy atom. The fourth-order valence-corrected chi connectivity index (χ4v) is 3.61. The normalized spacial score (nSPS) is 10.5. The van der Waals surface area contributed by atoms with E-state index in [9.17, 15) is 9.59 Å². The van der Waals surface area contributed by atoms with Gasteiger partial charge in [0, 0.05) is 11.3 Å². The Bertz CT molecular complexity index is 1240. The number of aromatic nitrogens is 3. The second-order valence-corrected chi connectivity index (χ2v) is 7.84. The molecule has 0 saturated heterocycles. The zero-order valence-corrected chi connectivity index (χ0v) is 18.6. The van der Waals surface area contributed by atoms with Gasteiger partial charge >= 0.3 is 0 Å². The van der Waals surface area contributed by atoms with Gasteiger partial charge in [0.15, 0.2) is 5.82 Å². The van der Waals surface area contributed by atoms with Crippen molar-refractivity contribution >= 4 is 35.0 Å². The standard InChI is InChI=1S/C24H21N5O3S/c1-32-18-13-11-16(12-14-18)22-27-24(29-28-22)33-15-21(30)26-20-10-6-5-9-19(20)23(31)25-17-7-3-2-4-8-17/h2-14H,15H2,1H3,(H,25,31)(H,26,30)(H,27,28,29). The second kappa shape index (κ2) is 10.5. The van der Waals surface area contributed by atoms with Crippen molar-refractivity contribution in [3.63, 3.8) is 0 Å². The third-order valence-electron chi connectivity index (χ3n) is 4.64. The molecular formula is C24H21N5O3S. The maximum absolute atomic E-state index is 12.7. The van der Waals surface area contributed by atoms with Crippen molar-refractivity contribution in [2.24, 2.45) is 0 Å².